The Hall–Kier alpha value is -3.31. The van der Waals surface area contributed by atoms with Crippen LogP contribution in [0, 0.1) is 10.1 Å². The van der Waals surface area contributed by atoms with Crippen molar-refractivity contribution >= 4 is 33.3 Å². The Bertz CT molecular complexity index is 1030. The molecule has 0 spiro atoms. The summed E-state index contributed by atoms with van der Waals surface area (Å²) < 4.78 is 30.2. The largest absolute Gasteiger partial charge is 0.449 e. The monoisotopic (exact) mass is 421 g/mol. The molecule has 2 aromatic carbocycles. The van der Waals surface area contributed by atoms with Crippen LogP contribution in [0.4, 0.5) is 11.4 Å². The average molecular weight is 421 g/mol. The SMILES string of the molecule is C[C@@H](OC(=O)c1ccc(S(=O)(=O)N(C)C)cc1)C(=O)Nc1cccc([N+](=O)[O-])c1. The molecule has 1 amide bonds. The number of hydrogen-bond donors (Lipinski definition) is 1. The van der Waals surface area contributed by atoms with E-state index in [-0.39, 0.29) is 21.8 Å². The summed E-state index contributed by atoms with van der Waals surface area (Å²) in [6.07, 6.45) is -1.19. The number of carbonyl (C=O) groups excluding carboxylic acids is 2. The van der Waals surface area contributed by atoms with Gasteiger partial charge in [0, 0.05) is 31.9 Å². The van der Waals surface area contributed by atoms with Gasteiger partial charge in [-0.05, 0) is 37.3 Å². The number of nitro benzene ring substituents is 1. The number of amides is 1. The number of rotatable bonds is 7. The molecule has 0 aliphatic carbocycles. The minimum absolute atomic E-state index is 0.00973. The number of nitrogens with one attached hydrogen (secondary N) is 1. The van der Waals surface area contributed by atoms with E-state index in [0.717, 1.165) is 4.31 Å². The summed E-state index contributed by atoms with van der Waals surface area (Å²) in [6.45, 7) is 1.34. The summed E-state index contributed by atoms with van der Waals surface area (Å²) >= 11 is 0. The highest BCUT2D eigenvalue weighted by atomic mass is 32.2. The van der Waals surface area contributed by atoms with E-state index in [1.165, 1.54) is 69.6 Å². The van der Waals surface area contributed by atoms with E-state index >= 15 is 0 Å². The summed E-state index contributed by atoms with van der Waals surface area (Å²) in [6, 6.07) is 10.4. The van der Waals surface area contributed by atoms with Crippen molar-refractivity contribution in [3.8, 4) is 0 Å². The van der Waals surface area contributed by atoms with Crippen molar-refractivity contribution in [2.45, 2.75) is 17.9 Å². The van der Waals surface area contributed by atoms with Gasteiger partial charge < -0.3 is 10.1 Å². The molecular weight excluding hydrogens is 402 g/mol. The van der Waals surface area contributed by atoms with Gasteiger partial charge in [0.05, 0.1) is 15.4 Å². The van der Waals surface area contributed by atoms with E-state index in [4.69, 9.17) is 4.74 Å². The van der Waals surface area contributed by atoms with Crippen LogP contribution in [0.1, 0.15) is 17.3 Å². The maximum absolute atomic E-state index is 12.2. The molecular formula is C18H19N3O7S. The lowest BCUT2D eigenvalue weighted by Crippen LogP contribution is -2.30. The molecule has 154 valence electrons. The second-order valence-corrected chi connectivity index (χ2v) is 8.31. The maximum atomic E-state index is 12.2. The van der Waals surface area contributed by atoms with Crippen molar-refractivity contribution in [2.24, 2.45) is 0 Å². The lowest BCUT2D eigenvalue weighted by molar-refractivity contribution is -0.384. The molecule has 2 rings (SSSR count). The highest BCUT2D eigenvalue weighted by Gasteiger charge is 2.21. The Morgan fingerprint density at radius 1 is 1.14 bits per heavy atom. The molecule has 0 saturated carbocycles. The molecule has 0 bridgehead atoms. The van der Waals surface area contributed by atoms with Crippen LogP contribution in [0.25, 0.3) is 0 Å². The maximum Gasteiger partial charge on any atom is 0.338 e. The smallest absolute Gasteiger partial charge is 0.338 e. The Morgan fingerprint density at radius 3 is 2.31 bits per heavy atom. The fourth-order valence-corrected chi connectivity index (χ4v) is 3.10. The second kappa shape index (κ2) is 8.80. The van der Waals surface area contributed by atoms with E-state index in [9.17, 15) is 28.1 Å². The van der Waals surface area contributed by atoms with Crippen LogP contribution in [0.3, 0.4) is 0 Å². The van der Waals surface area contributed by atoms with Crippen molar-refractivity contribution in [3.05, 3.63) is 64.2 Å². The fraction of sp³-hybridized carbons (Fsp3) is 0.222. The number of nitrogens with zero attached hydrogens (tertiary/aromatic N) is 2. The molecule has 1 N–H and O–H groups in total. The topological polar surface area (TPSA) is 136 Å². The highest BCUT2D eigenvalue weighted by Crippen LogP contribution is 2.18. The molecule has 0 aliphatic heterocycles. The summed E-state index contributed by atoms with van der Waals surface area (Å²) in [7, 11) is -0.855. The zero-order chi connectivity index (χ0) is 21.8. The number of hydrogen-bond acceptors (Lipinski definition) is 7. The quantitative estimate of drug-likeness (QED) is 0.410. The molecule has 0 heterocycles. The molecule has 0 fully saturated rings. The molecule has 10 nitrogen and oxygen atoms in total. The Kier molecular flexibility index (Phi) is 6.67. The van der Waals surface area contributed by atoms with E-state index < -0.39 is 32.9 Å². The predicted octanol–water partition coefficient (Wildman–Crippen LogP) is 2.03. The van der Waals surface area contributed by atoms with Crippen LogP contribution in [0.5, 0.6) is 0 Å². The fourth-order valence-electron chi connectivity index (χ4n) is 2.20. The lowest BCUT2D eigenvalue weighted by Gasteiger charge is -2.14. The van der Waals surface area contributed by atoms with Gasteiger partial charge in [-0.2, -0.15) is 0 Å². The van der Waals surface area contributed by atoms with Crippen molar-refractivity contribution in [3.63, 3.8) is 0 Å². The number of non-ortho nitro benzene ring substituents is 1. The molecule has 0 saturated heterocycles. The van der Waals surface area contributed by atoms with Gasteiger partial charge in [-0.3, -0.25) is 14.9 Å². The van der Waals surface area contributed by atoms with Crippen LogP contribution in [-0.2, 0) is 19.6 Å². The van der Waals surface area contributed by atoms with Gasteiger partial charge in [0.2, 0.25) is 10.0 Å². The molecule has 11 heteroatoms. The molecule has 2 aromatic rings. The third-order valence-corrected chi connectivity index (χ3v) is 5.68. The Labute approximate surface area is 167 Å². The van der Waals surface area contributed by atoms with Gasteiger partial charge in [-0.15, -0.1) is 0 Å². The first-order chi connectivity index (χ1) is 13.5. The van der Waals surface area contributed by atoms with Crippen molar-refractivity contribution in [1.82, 2.24) is 4.31 Å². The highest BCUT2D eigenvalue weighted by molar-refractivity contribution is 7.89. The van der Waals surface area contributed by atoms with Crippen LogP contribution < -0.4 is 5.32 Å². The van der Waals surface area contributed by atoms with Crippen LogP contribution in [-0.4, -0.2) is 49.7 Å². The minimum atomic E-state index is -3.63. The third kappa shape index (κ3) is 5.36. The first kappa shape index (κ1) is 22.0. The molecule has 1 atom stereocenters. The molecule has 0 unspecified atom stereocenters. The normalized spacial score (nSPS) is 12.3. The van der Waals surface area contributed by atoms with Gasteiger partial charge >= 0.3 is 5.97 Å². The van der Waals surface area contributed by atoms with Crippen LogP contribution in [0.2, 0.25) is 0 Å². The number of anilines is 1. The van der Waals surface area contributed by atoms with Gasteiger partial charge in [-0.25, -0.2) is 17.5 Å². The Balaban J connectivity index is 2.04. The number of sulfonamides is 1. The summed E-state index contributed by atoms with van der Waals surface area (Å²) in [5.41, 5.74) is 0.0586. The van der Waals surface area contributed by atoms with Crippen LogP contribution >= 0.6 is 0 Å². The van der Waals surface area contributed by atoms with E-state index in [1.807, 2.05) is 0 Å². The van der Waals surface area contributed by atoms with Gasteiger partial charge in [0.1, 0.15) is 0 Å². The molecule has 0 aromatic heterocycles. The van der Waals surface area contributed by atoms with Gasteiger partial charge in [0.25, 0.3) is 11.6 Å². The number of nitro groups is 1. The van der Waals surface area contributed by atoms with Crippen molar-refractivity contribution in [1.29, 1.82) is 0 Å². The van der Waals surface area contributed by atoms with Gasteiger partial charge in [0.15, 0.2) is 6.10 Å². The first-order valence-corrected chi connectivity index (χ1v) is 9.75. The molecule has 29 heavy (non-hydrogen) atoms. The summed E-state index contributed by atoms with van der Waals surface area (Å²) in [4.78, 5) is 34.6. The Morgan fingerprint density at radius 2 is 1.76 bits per heavy atom. The van der Waals surface area contributed by atoms with Crippen LogP contribution in [0.15, 0.2) is 53.4 Å². The molecule has 0 aliphatic rings. The minimum Gasteiger partial charge on any atom is -0.449 e. The first-order valence-electron chi connectivity index (χ1n) is 8.31. The van der Waals surface area contributed by atoms with E-state index in [1.54, 1.807) is 0 Å². The van der Waals surface area contributed by atoms with E-state index in [0.29, 0.717) is 0 Å². The van der Waals surface area contributed by atoms with Crippen molar-refractivity contribution < 1.29 is 27.7 Å². The summed E-state index contributed by atoms with van der Waals surface area (Å²) in [5, 5.41) is 13.2. The summed E-state index contributed by atoms with van der Waals surface area (Å²) in [5.74, 6) is -1.49. The number of benzene rings is 2. The number of ether oxygens (including phenoxy) is 1. The van der Waals surface area contributed by atoms with Crippen molar-refractivity contribution in [2.75, 3.05) is 19.4 Å². The number of carbonyl (C=O) groups is 2. The average Bonchev–Trinajstić information content (AvgIpc) is 2.67. The zero-order valence-corrected chi connectivity index (χ0v) is 16.7. The second-order valence-electron chi connectivity index (χ2n) is 6.16. The van der Waals surface area contributed by atoms with E-state index in [2.05, 4.69) is 5.32 Å². The number of esters is 1. The molecule has 0 radical (unpaired) electrons. The predicted molar refractivity (Wildman–Crippen MR) is 104 cm³/mol. The zero-order valence-electron chi connectivity index (χ0n) is 15.9. The lowest BCUT2D eigenvalue weighted by atomic mass is 10.2. The van der Waals surface area contributed by atoms with Gasteiger partial charge in [-0.1, -0.05) is 6.07 Å². The standard InChI is InChI=1S/C18H19N3O7S/c1-12(17(22)19-14-5-4-6-15(11-14)21(24)25)28-18(23)13-7-9-16(10-8-13)29(26,27)20(2)3/h4-12H,1-3H3,(H,19,22)/t12-/m1/s1. The third-order valence-electron chi connectivity index (χ3n) is 3.85.